The number of nitrogens with one attached hydrogen (secondary N) is 1. The Bertz CT molecular complexity index is 322. The van der Waals surface area contributed by atoms with E-state index in [-0.39, 0.29) is 18.1 Å². The van der Waals surface area contributed by atoms with Gasteiger partial charge in [-0.05, 0) is 6.42 Å². The third-order valence-electron chi connectivity index (χ3n) is 5.01. The van der Waals surface area contributed by atoms with Crippen LogP contribution in [-0.2, 0) is 9.53 Å². The molecule has 4 nitrogen and oxygen atoms in total. The zero-order valence-electron chi connectivity index (χ0n) is 15.9. The highest BCUT2D eigenvalue weighted by molar-refractivity contribution is 5.73. The van der Waals surface area contributed by atoms with Crippen molar-refractivity contribution in [3.05, 3.63) is 0 Å². The smallest absolute Gasteiger partial charge is 0.217 e. The van der Waals surface area contributed by atoms with E-state index >= 15 is 0 Å². The van der Waals surface area contributed by atoms with Gasteiger partial charge in [0.25, 0.3) is 0 Å². The lowest BCUT2D eigenvalue weighted by molar-refractivity contribution is -0.120. The zero-order chi connectivity index (χ0) is 17.6. The number of carbonyl (C=O) groups excluding carboxylic acids is 1. The molecule has 0 spiro atoms. The van der Waals surface area contributed by atoms with Crippen molar-refractivity contribution < 1.29 is 14.6 Å². The van der Waals surface area contributed by atoms with Crippen LogP contribution in [0.1, 0.15) is 97.3 Å². The molecule has 1 amide bonds. The average molecular weight is 342 g/mol. The number of rotatable bonds is 14. The van der Waals surface area contributed by atoms with E-state index in [1.165, 1.54) is 77.6 Å². The molecule has 142 valence electrons. The number of carbonyl (C=O) groups is 1. The van der Waals surface area contributed by atoms with Crippen molar-refractivity contribution in [2.24, 2.45) is 0 Å². The number of aliphatic hydroxyl groups is 1. The molecule has 0 unspecified atom stereocenters. The highest BCUT2D eigenvalue weighted by Gasteiger charge is 2.35. The fraction of sp³-hybridized carbons (Fsp3) is 0.950. The summed E-state index contributed by atoms with van der Waals surface area (Å²) in [6.07, 6.45) is 16.3. The van der Waals surface area contributed by atoms with Crippen molar-refractivity contribution in [2.75, 3.05) is 6.61 Å². The first kappa shape index (κ1) is 21.4. The van der Waals surface area contributed by atoms with Gasteiger partial charge in [0.1, 0.15) is 6.10 Å². The number of unbranched alkanes of at least 4 members (excludes halogenated alkanes) is 11. The van der Waals surface area contributed by atoms with E-state index in [0.717, 1.165) is 12.8 Å². The Morgan fingerprint density at radius 2 is 1.46 bits per heavy atom. The molecular weight excluding hydrogens is 302 g/mol. The van der Waals surface area contributed by atoms with Crippen LogP contribution in [0.3, 0.4) is 0 Å². The SMILES string of the molecule is CCCCCCCCCCCCCC[C@@H]1OC[C@@H](NC(C)=O)[C@@H]1O. The van der Waals surface area contributed by atoms with E-state index in [4.69, 9.17) is 4.74 Å². The van der Waals surface area contributed by atoms with Gasteiger partial charge in [0, 0.05) is 6.92 Å². The summed E-state index contributed by atoms with van der Waals surface area (Å²) in [5, 5.41) is 12.9. The Morgan fingerprint density at radius 1 is 0.958 bits per heavy atom. The molecule has 1 rings (SSSR count). The Hall–Kier alpha value is -0.610. The molecule has 2 N–H and O–H groups in total. The molecule has 0 aliphatic carbocycles. The van der Waals surface area contributed by atoms with Crippen LogP contribution in [0, 0.1) is 0 Å². The van der Waals surface area contributed by atoms with Crippen molar-refractivity contribution in [3.8, 4) is 0 Å². The molecule has 0 aromatic heterocycles. The minimum absolute atomic E-state index is 0.103. The normalized spacial score (nSPS) is 23.5. The molecule has 0 saturated carbocycles. The van der Waals surface area contributed by atoms with Crippen LogP contribution >= 0.6 is 0 Å². The number of aliphatic hydroxyl groups excluding tert-OH is 1. The maximum atomic E-state index is 11.0. The van der Waals surface area contributed by atoms with Crippen molar-refractivity contribution in [2.45, 2.75) is 116 Å². The summed E-state index contributed by atoms with van der Waals surface area (Å²) < 4.78 is 5.61. The highest BCUT2D eigenvalue weighted by Crippen LogP contribution is 2.20. The van der Waals surface area contributed by atoms with Crippen LogP contribution in [0.4, 0.5) is 0 Å². The summed E-state index contributed by atoms with van der Waals surface area (Å²) in [5.41, 5.74) is 0. The van der Waals surface area contributed by atoms with Crippen molar-refractivity contribution >= 4 is 5.91 Å². The maximum absolute atomic E-state index is 11.0. The molecule has 0 aromatic rings. The molecule has 0 radical (unpaired) electrons. The van der Waals surface area contributed by atoms with Crippen molar-refractivity contribution in [1.29, 1.82) is 0 Å². The minimum Gasteiger partial charge on any atom is -0.388 e. The lowest BCUT2D eigenvalue weighted by Crippen LogP contribution is -2.43. The van der Waals surface area contributed by atoms with Gasteiger partial charge >= 0.3 is 0 Å². The van der Waals surface area contributed by atoms with Crippen LogP contribution in [0.5, 0.6) is 0 Å². The number of hydrogen-bond donors (Lipinski definition) is 2. The Labute approximate surface area is 148 Å². The monoisotopic (exact) mass is 341 g/mol. The third kappa shape index (κ3) is 9.63. The molecule has 3 atom stereocenters. The predicted octanol–water partition coefficient (Wildman–Crippen LogP) is 4.34. The van der Waals surface area contributed by atoms with Gasteiger partial charge in [0.15, 0.2) is 0 Å². The summed E-state index contributed by atoms with van der Waals surface area (Å²) >= 11 is 0. The van der Waals surface area contributed by atoms with Gasteiger partial charge in [-0.3, -0.25) is 4.79 Å². The third-order valence-corrected chi connectivity index (χ3v) is 5.01. The molecule has 24 heavy (non-hydrogen) atoms. The van der Waals surface area contributed by atoms with E-state index in [0.29, 0.717) is 6.61 Å². The Kier molecular flexibility index (Phi) is 12.2. The number of hydrogen-bond acceptors (Lipinski definition) is 3. The van der Waals surface area contributed by atoms with E-state index < -0.39 is 6.10 Å². The predicted molar refractivity (Wildman–Crippen MR) is 99.0 cm³/mol. The van der Waals surface area contributed by atoms with Crippen LogP contribution in [-0.4, -0.2) is 35.9 Å². The summed E-state index contributed by atoms with van der Waals surface area (Å²) in [6.45, 7) is 4.18. The van der Waals surface area contributed by atoms with Crippen LogP contribution < -0.4 is 5.32 Å². The quantitative estimate of drug-likeness (QED) is 0.462. The molecule has 1 aliphatic rings. The maximum Gasteiger partial charge on any atom is 0.217 e. The van der Waals surface area contributed by atoms with Crippen LogP contribution in [0.25, 0.3) is 0 Å². The molecule has 1 aliphatic heterocycles. The first-order valence-electron chi connectivity index (χ1n) is 10.2. The summed E-state index contributed by atoms with van der Waals surface area (Å²) in [5.74, 6) is -0.103. The lowest BCUT2D eigenvalue weighted by atomic mass is 10.0. The first-order valence-corrected chi connectivity index (χ1v) is 10.2. The first-order chi connectivity index (χ1) is 11.6. The van der Waals surface area contributed by atoms with E-state index in [9.17, 15) is 9.90 Å². The van der Waals surface area contributed by atoms with Gasteiger partial charge in [-0.25, -0.2) is 0 Å². The van der Waals surface area contributed by atoms with E-state index in [1.54, 1.807) is 0 Å². The largest absolute Gasteiger partial charge is 0.388 e. The lowest BCUT2D eigenvalue weighted by Gasteiger charge is -2.17. The van der Waals surface area contributed by atoms with Crippen LogP contribution in [0.15, 0.2) is 0 Å². The van der Waals surface area contributed by atoms with Gasteiger partial charge in [-0.2, -0.15) is 0 Å². The fourth-order valence-corrected chi connectivity index (χ4v) is 3.51. The molecule has 1 saturated heterocycles. The standard InChI is InChI=1S/C20H39NO3/c1-3-4-5-6-7-8-9-10-11-12-13-14-15-19-20(23)18(16-24-19)21-17(2)22/h18-20,23H,3-16H2,1-2H3,(H,21,22)/t18-,19+,20+/m1/s1. The van der Waals surface area contributed by atoms with Gasteiger partial charge < -0.3 is 15.2 Å². The fourth-order valence-electron chi connectivity index (χ4n) is 3.51. The minimum atomic E-state index is -0.554. The van der Waals surface area contributed by atoms with Gasteiger partial charge in [-0.15, -0.1) is 0 Å². The summed E-state index contributed by atoms with van der Waals surface area (Å²) in [6, 6.07) is -0.232. The second kappa shape index (κ2) is 13.7. The zero-order valence-corrected chi connectivity index (χ0v) is 15.9. The van der Waals surface area contributed by atoms with Crippen LogP contribution in [0.2, 0.25) is 0 Å². The van der Waals surface area contributed by atoms with Gasteiger partial charge in [-0.1, -0.05) is 84.0 Å². The molecule has 4 heteroatoms. The Morgan fingerprint density at radius 3 is 1.96 bits per heavy atom. The number of amides is 1. The van der Waals surface area contributed by atoms with E-state index in [2.05, 4.69) is 12.2 Å². The molecule has 0 bridgehead atoms. The van der Waals surface area contributed by atoms with Crippen molar-refractivity contribution in [3.63, 3.8) is 0 Å². The van der Waals surface area contributed by atoms with Gasteiger partial charge in [0.05, 0.1) is 18.8 Å². The molecule has 1 fully saturated rings. The Balaban J connectivity index is 1.88. The molecule has 0 aromatic carbocycles. The summed E-state index contributed by atoms with van der Waals surface area (Å²) in [4.78, 5) is 11.0. The second-order valence-corrected chi connectivity index (χ2v) is 7.35. The number of ether oxygens (including phenoxy) is 1. The summed E-state index contributed by atoms with van der Waals surface area (Å²) in [7, 11) is 0. The topological polar surface area (TPSA) is 58.6 Å². The highest BCUT2D eigenvalue weighted by atomic mass is 16.5. The van der Waals surface area contributed by atoms with Crippen molar-refractivity contribution in [1.82, 2.24) is 5.32 Å². The van der Waals surface area contributed by atoms with E-state index in [1.807, 2.05) is 0 Å². The average Bonchev–Trinajstić information content (AvgIpc) is 2.88. The molecule has 1 heterocycles. The second-order valence-electron chi connectivity index (χ2n) is 7.35. The van der Waals surface area contributed by atoms with Gasteiger partial charge in [0.2, 0.25) is 5.91 Å². The molecular formula is C20H39NO3.